The normalized spacial score (nSPS) is 18.2. The largest absolute Gasteiger partial charge is 0.381 e. The Morgan fingerprint density at radius 2 is 2.00 bits per heavy atom. The molecule has 6 heteroatoms. The second-order valence-electron chi connectivity index (χ2n) is 4.59. The molecule has 0 aromatic carbocycles. The molecule has 0 spiro atoms. The van der Waals surface area contributed by atoms with Gasteiger partial charge in [0.15, 0.2) is 0 Å². The Morgan fingerprint density at radius 3 is 2.44 bits per heavy atom. The van der Waals surface area contributed by atoms with Crippen LogP contribution in [0.15, 0.2) is 0 Å². The predicted octanol–water partition coefficient (Wildman–Crippen LogP) is -0.664. The number of hydrogen-bond donors (Lipinski definition) is 2. The molecule has 3 N–H and O–H groups in total. The van der Waals surface area contributed by atoms with Crippen molar-refractivity contribution in [2.75, 3.05) is 39.9 Å². The maximum Gasteiger partial charge on any atom is 0.239 e. The molecule has 1 saturated heterocycles. The van der Waals surface area contributed by atoms with Crippen LogP contribution >= 0.6 is 0 Å². The van der Waals surface area contributed by atoms with E-state index in [1.54, 1.807) is 11.9 Å². The highest BCUT2D eigenvalue weighted by Gasteiger charge is 2.41. The van der Waals surface area contributed by atoms with Gasteiger partial charge in [-0.25, -0.2) is 0 Å². The SMILES string of the molecule is CCN(CC(=O)NC)C(=O)C1(CN)CCOCC1. The van der Waals surface area contributed by atoms with E-state index < -0.39 is 5.41 Å². The van der Waals surface area contributed by atoms with Crippen molar-refractivity contribution in [3.63, 3.8) is 0 Å². The number of nitrogens with two attached hydrogens (primary N) is 1. The number of hydrogen-bond acceptors (Lipinski definition) is 4. The molecular weight excluding hydrogens is 234 g/mol. The van der Waals surface area contributed by atoms with Gasteiger partial charge in [-0.3, -0.25) is 9.59 Å². The molecule has 1 heterocycles. The fourth-order valence-electron chi connectivity index (χ4n) is 2.18. The van der Waals surface area contributed by atoms with Crippen LogP contribution in [0.1, 0.15) is 19.8 Å². The average molecular weight is 257 g/mol. The van der Waals surface area contributed by atoms with Crippen molar-refractivity contribution >= 4 is 11.8 Å². The Morgan fingerprint density at radius 1 is 1.39 bits per heavy atom. The number of amides is 2. The Labute approximate surface area is 108 Å². The molecule has 2 amide bonds. The molecule has 104 valence electrons. The van der Waals surface area contributed by atoms with E-state index in [-0.39, 0.29) is 18.4 Å². The highest BCUT2D eigenvalue weighted by atomic mass is 16.5. The van der Waals surface area contributed by atoms with E-state index >= 15 is 0 Å². The van der Waals surface area contributed by atoms with Crippen LogP contribution in [0.25, 0.3) is 0 Å². The number of carbonyl (C=O) groups excluding carboxylic acids is 2. The minimum Gasteiger partial charge on any atom is -0.381 e. The molecule has 0 unspecified atom stereocenters. The molecule has 18 heavy (non-hydrogen) atoms. The van der Waals surface area contributed by atoms with Gasteiger partial charge in [0.1, 0.15) is 0 Å². The first-order valence-electron chi connectivity index (χ1n) is 6.37. The van der Waals surface area contributed by atoms with Gasteiger partial charge in [-0.2, -0.15) is 0 Å². The van der Waals surface area contributed by atoms with Crippen LogP contribution < -0.4 is 11.1 Å². The minimum absolute atomic E-state index is 0.0283. The van der Waals surface area contributed by atoms with Gasteiger partial charge in [0.25, 0.3) is 0 Å². The summed E-state index contributed by atoms with van der Waals surface area (Å²) in [4.78, 5) is 25.5. The smallest absolute Gasteiger partial charge is 0.239 e. The zero-order valence-electron chi connectivity index (χ0n) is 11.2. The molecule has 1 aliphatic rings. The monoisotopic (exact) mass is 257 g/mol. The summed E-state index contributed by atoms with van der Waals surface area (Å²) in [6, 6.07) is 0. The van der Waals surface area contributed by atoms with Crippen molar-refractivity contribution in [3.8, 4) is 0 Å². The molecule has 0 aliphatic carbocycles. The topological polar surface area (TPSA) is 84.7 Å². The fraction of sp³-hybridized carbons (Fsp3) is 0.833. The number of likely N-dealkylation sites (N-methyl/N-ethyl adjacent to an activating group) is 2. The molecular formula is C12H23N3O3. The molecule has 0 bridgehead atoms. The Kier molecular flexibility index (Phi) is 5.55. The van der Waals surface area contributed by atoms with Crippen molar-refractivity contribution < 1.29 is 14.3 Å². The summed E-state index contributed by atoms with van der Waals surface area (Å²) in [7, 11) is 1.56. The molecule has 0 radical (unpaired) electrons. The first-order chi connectivity index (χ1) is 8.59. The third kappa shape index (κ3) is 3.20. The van der Waals surface area contributed by atoms with E-state index in [1.807, 2.05) is 6.92 Å². The Bertz CT molecular complexity index is 301. The average Bonchev–Trinajstić information content (AvgIpc) is 2.44. The van der Waals surface area contributed by atoms with Gasteiger partial charge in [-0.1, -0.05) is 0 Å². The summed E-state index contributed by atoms with van der Waals surface area (Å²) < 4.78 is 5.29. The summed E-state index contributed by atoms with van der Waals surface area (Å²) in [6.07, 6.45) is 1.26. The van der Waals surface area contributed by atoms with Crippen LogP contribution in [-0.4, -0.2) is 56.6 Å². The quantitative estimate of drug-likeness (QED) is 0.684. The zero-order chi connectivity index (χ0) is 13.6. The highest BCUT2D eigenvalue weighted by molar-refractivity contribution is 5.88. The van der Waals surface area contributed by atoms with Crippen LogP contribution in [0.2, 0.25) is 0 Å². The van der Waals surface area contributed by atoms with Gasteiger partial charge in [-0.05, 0) is 19.8 Å². The van der Waals surface area contributed by atoms with Gasteiger partial charge in [-0.15, -0.1) is 0 Å². The van der Waals surface area contributed by atoms with Crippen LogP contribution in [0.5, 0.6) is 0 Å². The lowest BCUT2D eigenvalue weighted by atomic mass is 9.79. The summed E-state index contributed by atoms with van der Waals surface area (Å²) >= 11 is 0. The van der Waals surface area contributed by atoms with Gasteiger partial charge in [0, 0.05) is 33.4 Å². The zero-order valence-corrected chi connectivity index (χ0v) is 11.2. The first-order valence-corrected chi connectivity index (χ1v) is 6.37. The summed E-state index contributed by atoms with van der Waals surface area (Å²) in [5, 5.41) is 2.53. The molecule has 0 saturated carbocycles. The lowest BCUT2D eigenvalue weighted by molar-refractivity contribution is -0.149. The van der Waals surface area contributed by atoms with Crippen LogP contribution in [0, 0.1) is 5.41 Å². The third-order valence-electron chi connectivity index (χ3n) is 3.58. The van der Waals surface area contributed by atoms with E-state index in [9.17, 15) is 9.59 Å². The van der Waals surface area contributed by atoms with Crippen molar-refractivity contribution in [3.05, 3.63) is 0 Å². The minimum atomic E-state index is -0.553. The predicted molar refractivity (Wildman–Crippen MR) is 67.9 cm³/mol. The maximum atomic E-state index is 12.5. The van der Waals surface area contributed by atoms with Gasteiger partial charge >= 0.3 is 0 Å². The molecule has 1 fully saturated rings. The van der Waals surface area contributed by atoms with Crippen LogP contribution in [0.3, 0.4) is 0 Å². The maximum absolute atomic E-state index is 12.5. The van der Waals surface area contributed by atoms with Gasteiger partial charge < -0.3 is 20.7 Å². The first kappa shape index (κ1) is 14.9. The number of rotatable bonds is 5. The van der Waals surface area contributed by atoms with E-state index in [4.69, 9.17) is 10.5 Å². The second-order valence-corrected chi connectivity index (χ2v) is 4.59. The highest BCUT2D eigenvalue weighted by Crippen LogP contribution is 2.31. The number of nitrogens with zero attached hydrogens (tertiary/aromatic N) is 1. The molecule has 1 aliphatic heterocycles. The molecule has 0 atom stereocenters. The summed E-state index contributed by atoms with van der Waals surface area (Å²) in [5.74, 6) is -0.191. The van der Waals surface area contributed by atoms with Crippen molar-refractivity contribution in [1.29, 1.82) is 0 Å². The van der Waals surface area contributed by atoms with Crippen molar-refractivity contribution in [1.82, 2.24) is 10.2 Å². The third-order valence-corrected chi connectivity index (χ3v) is 3.58. The Hall–Kier alpha value is -1.14. The number of ether oxygens (including phenoxy) is 1. The van der Waals surface area contributed by atoms with Crippen LogP contribution in [0.4, 0.5) is 0 Å². The van der Waals surface area contributed by atoms with E-state index in [0.717, 1.165) is 0 Å². The lowest BCUT2D eigenvalue weighted by Gasteiger charge is -2.38. The summed E-state index contributed by atoms with van der Waals surface area (Å²) in [5.41, 5.74) is 5.24. The van der Waals surface area contributed by atoms with Gasteiger partial charge in [0.2, 0.25) is 11.8 Å². The summed E-state index contributed by atoms with van der Waals surface area (Å²) in [6.45, 7) is 3.88. The fourth-order valence-corrected chi connectivity index (χ4v) is 2.18. The van der Waals surface area contributed by atoms with E-state index in [2.05, 4.69) is 5.32 Å². The van der Waals surface area contributed by atoms with E-state index in [0.29, 0.717) is 39.1 Å². The van der Waals surface area contributed by atoms with E-state index in [1.165, 1.54) is 0 Å². The van der Waals surface area contributed by atoms with Crippen molar-refractivity contribution in [2.45, 2.75) is 19.8 Å². The van der Waals surface area contributed by atoms with Crippen LogP contribution in [-0.2, 0) is 14.3 Å². The standard InChI is InChI=1S/C12H23N3O3/c1-3-15(8-10(16)14-2)11(17)12(9-13)4-6-18-7-5-12/h3-9,13H2,1-2H3,(H,14,16). The number of carbonyl (C=O) groups is 2. The van der Waals surface area contributed by atoms with Crippen molar-refractivity contribution in [2.24, 2.45) is 11.1 Å². The molecule has 6 nitrogen and oxygen atoms in total. The number of nitrogens with one attached hydrogen (secondary N) is 1. The van der Waals surface area contributed by atoms with Gasteiger partial charge in [0.05, 0.1) is 12.0 Å². The second kappa shape index (κ2) is 6.70. The molecule has 1 rings (SSSR count). The molecule has 0 aromatic rings. The Balaban J connectivity index is 2.76. The molecule has 0 aromatic heterocycles. The lowest BCUT2D eigenvalue weighted by Crippen LogP contribution is -2.52.